The molecule has 0 atom stereocenters. The summed E-state index contributed by atoms with van der Waals surface area (Å²) in [6.45, 7) is 0. The van der Waals surface area contributed by atoms with E-state index in [9.17, 15) is 0 Å². The molecule has 0 fully saturated rings. The lowest BCUT2D eigenvalue weighted by molar-refractivity contribution is 1.57. The molecule has 0 amide bonds. The van der Waals surface area contributed by atoms with Gasteiger partial charge in [0.2, 0.25) is 0 Å². The van der Waals surface area contributed by atoms with E-state index in [1.165, 1.54) is 132 Å². The Labute approximate surface area is 445 Å². The molecule has 0 aromatic heterocycles. The van der Waals surface area contributed by atoms with Crippen LogP contribution in [-0.2, 0) is 0 Å². The molecular formula is C76H52. The lowest BCUT2D eigenvalue weighted by Crippen LogP contribution is -1.96. The fraction of sp³-hybridized carbons (Fsp3) is 0. The van der Waals surface area contributed by atoms with E-state index in [1.807, 2.05) is 0 Å². The second-order valence-electron chi connectivity index (χ2n) is 19.4. The van der Waals surface area contributed by atoms with Gasteiger partial charge < -0.3 is 0 Å². The van der Waals surface area contributed by atoms with Gasteiger partial charge in [0.1, 0.15) is 0 Å². The normalized spacial score (nSPS) is 11.2. The van der Waals surface area contributed by atoms with Gasteiger partial charge in [-0.25, -0.2) is 0 Å². The summed E-state index contributed by atoms with van der Waals surface area (Å²) in [6, 6.07) is 114. The highest BCUT2D eigenvalue weighted by molar-refractivity contribution is 6.28. The van der Waals surface area contributed by atoms with Gasteiger partial charge >= 0.3 is 0 Å². The quantitative estimate of drug-likeness (QED) is 0.133. The zero-order valence-corrected chi connectivity index (χ0v) is 42.0. The van der Waals surface area contributed by atoms with Crippen LogP contribution in [0.15, 0.2) is 315 Å². The third kappa shape index (κ3) is 8.43. The molecule has 12 aromatic carbocycles. The molecule has 0 unspecified atom stereocenters. The van der Waals surface area contributed by atoms with E-state index < -0.39 is 0 Å². The first-order valence-electron chi connectivity index (χ1n) is 26.3. The molecule has 2 aliphatic rings. The third-order valence-corrected chi connectivity index (χ3v) is 14.9. The van der Waals surface area contributed by atoms with E-state index in [0.29, 0.717) is 0 Å². The first-order chi connectivity index (χ1) is 37.8. The molecule has 0 nitrogen and oxygen atoms in total. The van der Waals surface area contributed by atoms with Crippen molar-refractivity contribution in [1.82, 2.24) is 0 Å². The second kappa shape index (κ2) is 20.6. The Morgan fingerprint density at radius 2 is 0.526 bits per heavy atom. The summed E-state index contributed by atoms with van der Waals surface area (Å²) >= 11 is 0. The van der Waals surface area contributed by atoms with Crippen molar-refractivity contribution >= 4 is 32.3 Å². The molecule has 0 radical (unpaired) electrons. The Morgan fingerprint density at radius 3 is 0.947 bits per heavy atom. The van der Waals surface area contributed by atoms with Crippen LogP contribution in [0.4, 0.5) is 0 Å². The third-order valence-electron chi connectivity index (χ3n) is 14.9. The molecule has 0 saturated carbocycles. The monoisotopic (exact) mass is 964 g/mol. The summed E-state index contributed by atoms with van der Waals surface area (Å²) in [5.74, 6) is 0. The topological polar surface area (TPSA) is 0 Å². The van der Waals surface area contributed by atoms with Crippen LogP contribution in [0.1, 0.15) is 0 Å². The smallest absolute Gasteiger partial charge is 0.00137 e. The van der Waals surface area contributed by atoms with Gasteiger partial charge in [0.15, 0.2) is 0 Å². The van der Waals surface area contributed by atoms with Crippen LogP contribution in [-0.4, -0.2) is 0 Å². The summed E-state index contributed by atoms with van der Waals surface area (Å²) < 4.78 is 0. The summed E-state index contributed by atoms with van der Waals surface area (Å²) in [7, 11) is 0. The van der Waals surface area contributed by atoms with Crippen molar-refractivity contribution in [3.8, 4) is 100 Å². The fourth-order valence-electron chi connectivity index (χ4n) is 11.7. The zero-order chi connectivity index (χ0) is 50.6. The first-order valence-corrected chi connectivity index (χ1v) is 26.3. The van der Waals surface area contributed by atoms with E-state index >= 15 is 0 Å². The van der Waals surface area contributed by atoms with Crippen molar-refractivity contribution in [2.45, 2.75) is 0 Å². The van der Waals surface area contributed by atoms with Crippen molar-refractivity contribution < 1.29 is 0 Å². The van der Waals surface area contributed by atoms with Gasteiger partial charge in [-0.3, -0.25) is 0 Å². The fourth-order valence-corrected chi connectivity index (χ4v) is 11.7. The van der Waals surface area contributed by atoms with Crippen LogP contribution in [0.2, 0.25) is 0 Å². The maximum atomic E-state index is 2.39. The molecule has 356 valence electrons. The minimum absolute atomic E-state index is 1.22. The SMILES string of the molecule is c1ccc(-c2c(-c3ccccc3)c(-c3ccccc3)c3c([cH-]c4[cH+]ccccc43)c2-c2ccccc2)cc1.c1ccc(-c2c(-c3ccccc3)c(-c3ccccc3)c3c4cccccc-4cc3c2-c2ccccc2)cc1. The standard InChI is InChI=1S/2C38H26/c2*1-6-16-27(17-7-1)34-33-26-31-24-14-5-15-25-32(31)38(33)37(30-22-12-4-13-23-30)36(29-20-10-3-11-21-29)35(34)28-18-8-2-9-19-28/h2*1-26H. The van der Waals surface area contributed by atoms with E-state index in [0.717, 1.165) is 0 Å². The van der Waals surface area contributed by atoms with Crippen LogP contribution in [0.3, 0.4) is 0 Å². The molecule has 14 rings (SSSR count). The summed E-state index contributed by atoms with van der Waals surface area (Å²) in [5, 5.41) is 7.71. The number of fused-ring (bicyclic) bond motifs is 6. The maximum Gasteiger partial charge on any atom is -0.00137 e. The lowest BCUT2D eigenvalue weighted by Gasteiger charge is -2.23. The Hall–Kier alpha value is -9.88. The van der Waals surface area contributed by atoms with Crippen molar-refractivity contribution in [2.24, 2.45) is 0 Å². The number of hydrogen-bond acceptors (Lipinski definition) is 0. The van der Waals surface area contributed by atoms with Gasteiger partial charge in [0.05, 0.1) is 0 Å². The van der Waals surface area contributed by atoms with Gasteiger partial charge in [0.25, 0.3) is 0 Å². The molecular weight excluding hydrogens is 913 g/mol. The molecule has 0 heterocycles. The van der Waals surface area contributed by atoms with Crippen molar-refractivity contribution in [3.63, 3.8) is 0 Å². The number of benzene rings is 10. The molecule has 76 heavy (non-hydrogen) atoms. The molecule has 0 aliphatic heterocycles. The molecule has 0 spiro atoms. The predicted molar refractivity (Wildman–Crippen MR) is 326 cm³/mol. The van der Waals surface area contributed by atoms with Crippen LogP contribution in [0.25, 0.3) is 132 Å². The highest BCUT2D eigenvalue weighted by Crippen LogP contribution is 2.56. The van der Waals surface area contributed by atoms with Crippen LogP contribution < -0.4 is 0 Å². The molecule has 2 aliphatic carbocycles. The van der Waals surface area contributed by atoms with Gasteiger partial charge in [-0.2, -0.15) is 0 Å². The summed E-state index contributed by atoms with van der Waals surface area (Å²) in [5.41, 5.74) is 22.6. The van der Waals surface area contributed by atoms with E-state index in [2.05, 4.69) is 315 Å². The predicted octanol–water partition coefficient (Wildman–Crippen LogP) is 21.3. The first kappa shape index (κ1) is 45.9. The Balaban J connectivity index is 0.000000146. The highest BCUT2D eigenvalue weighted by Gasteiger charge is 2.28. The summed E-state index contributed by atoms with van der Waals surface area (Å²) in [4.78, 5) is 0. The van der Waals surface area contributed by atoms with Crippen LogP contribution >= 0.6 is 0 Å². The molecule has 0 heteroatoms. The van der Waals surface area contributed by atoms with Crippen molar-refractivity contribution in [1.29, 1.82) is 0 Å². The molecule has 12 aromatic rings. The molecule has 0 bridgehead atoms. The molecule has 0 N–H and O–H groups in total. The van der Waals surface area contributed by atoms with Gasteiger partial charge in [-0.05, 0) is 145 Å². The average Bonchev–Trinajstić information content (AvgIpc) is 3.89. The molecule has 0 saturated heterocycles. The van der Waals surface area contributed by atoms with Gasteiger partial charge in [0, 0.05) is 0 Å². The maximum absolute atomic E-state index is 2.39. The van der Waals surface area contributed by atoms with Crippen LogP contribution in [0, 0.1) is 0 Å². The average molecular weight is 965 g/mol. The minimum atomic E-state index is 1.22. The van der Waals surface area contributed by atoms with Crippen LogP contribution in [0.5, 0.6) is 0 Å². The largest absolute Gasteiger partial charge is 0.0622 e. The van der Waals surface area contributed by atoms with Gasteiger partial charge in [-0.1, -0.05) is 303 Å². The zero-order valence-electron chi connectivity index (χ0n) is 42.0. The van der Waals surface area contributed by atoms with Crippen molar-refractivity contribution in [2.75, 3.05) is 0 Å². The number of hydrogen-bond donors (Lipinski definition) is 0. The highest BCUT2D eigenvalue weighted by atomic mass is 14.3. The summed E-state index contributed by atoms with van der Waals surface area (Å²) in [6.07, 6.45) is 0. The minimum Gasteiger partial charge on any atom is -0.0622 e. The van der Waals surface area contributed by atoms with Gasteiger partial charge in [-0.15, -0.1) is 0 Å². The van der Waals surface area contributed by atoms with E-state index in [1.54, 1.807) is 0 Å². The Kier molecular flexibility index (Phi) is 12.4. The lowest BCUT2D eigenvalue weighted by atomic mass is 9.79. The Bertz CT molecular complexity index is 4160. The second-order valence-corrected chi connectivity index (χ2v) is 19.4. The Morgan fingerprint density at radius 1 is 0.224 bits per heavy atom. The van der Waals surface area contributed by atoms with E-state index in [4.69, 9.17) is 0 Å². The van der Waals surface area contributed by atoms with E-state index in [-0.39, 0.29) is 0 Å². The van der Waals surface area contributed by atoms with Crippen molar-refractivity contribution in [3.05, 3.63) is 315 Å². The number of rotatable bonds is 8.